The molecule has 0 aromatic heterocycles. The van der Waals surface area contributed by atoms with Crippen molar-refractivity contribution in [3.05, 3.63) is 76.1 Å². The van der Waals surface area contributed by atoms with Crippen molar-refractivity contribution in [2.75, 3.05) is 11.4 Å². The van der Waals surface area contributed by atoms with Gasteiger partial charge in [0.25, 0.3) is 11.8 Å². The molecule has 1 aliphatic rings. The predicted molar refractivity (Wildman–Crippen MR) is 108 cm³/mol. The third-order valence-electron chi connectivity index (χ3n) is 4.27. The van der Waals surface area contributed by atoms with Crippen molar-refractivity contribution >= 4 is 46.0 Å². The first-order chi connectivity index (χ1) is 12.9. The normalized spacial score (nSPS) is 16.5. The first-order valence-corrected chi connectivity index (χ1v) is 9.30. The Balaban J connectivity index is 1.92. The smallest absolute Gasteiger partial charge is 0.257 e. The molecule has 0 aliphatic carbocycles. The molecule has 1 heterocycles. The SMILES string of the molecule is C=CCN(C(=O)c1ccccc1F)C1CC(=O)N(c2ccc(I)cc2)C1=O. The lowest BCUT2D eigenvalue weighted by atomic mass is 10.1. The van der Waals surface area contributed by atoms with E-state index in [1.54, 1.807) is 30.3 Å². The molecule has 5 nitrogen and oxygen atoms in total. The van der Waals surface area contributed by atoms with E-state index in [1.807, 2.05) is 0 Å². The van der Waals surface area contributed by atoms with Crippen LogP contribution in [0.3, 0.4) is 0 Å². The van der Waals surface area contributed by atoms with Crippen molar-refractivity contribution in [1.82, 2.24) is 4.90 Å². The molecular formula is C20H16FIN2O3. The van der Waals surface area contributed by atoms with E-state index < -0.39 is 29.6 Å². The molecule has 1 saturated heterocycles. The van der Waals surface area contributed by atoms with Crippen LogP contribution in [-0.2, 0) is 9.59 Å². The summed E-state index contributed by atoms with van der Waals surface area (Å²) < 4.78 is 15.0. The Morgan fingerprint density at radius 2 is 1.89 bits per heavy atom. The van der Waals surface area contributed by atoms with Crippen molar-refractivity contribution in [2.45, 2.75) is 12.5 Å². The molecule has 0 saturated carbocycles. The summed E-state index contributed by atoms with van der Waals surface area (Å²) >= 11 is 2.13. The van der Waals surface area contributed by atoms with Gasteiger partial charge in [-0.3, -0.25) is 14.4 Å². The highest BCUT2D eigenvalue weighted by atomic mass is 127. The van der Waals surface area contributed by atoms with Gasteiger partial charge in [0.15, 0.2) is 0 Å². The molecule has 2 aromatic rings. The molecular weight excluding hydrogens is 462 g/mol. The maximum absolute atomic E-state index is 14.0. The Kier molecular flexibility index (Phi) is 5.69. The van der Waals surface area contributed by atoms with Crippen LogP contribution >= 0.6 is 22.6 Å². The Hall–Kier alpha value is -2.55. The second-order valence-electron chi connectivity index (χ2n) is 5.99. The number of rotatable bonds is 5. The third kappa shape index (κ3) is 3.78. The number of carbonyl (C=O) groups is 3. The minimum atomic E-state index is -0.998. The van der Waals surface area contributed by atoms with Crippen LogP contribution in [0.2, 0.25) is 0 Å². The van der Waals surface area contributed by atoms with Gasteiger partial charge < -0.3 is 4.90 Å². The van der Waals surface area contributed by atoms with Crippen molar-refractivity contribution in [1.29, 1.82) is 0 Å². The lowest BCUT2D eigenvalue weighted by Gasteiger charge is -2.26. The number of amides is 3. The molecule has 1 fully saturated rings. The van der Waals surface area contributed by atoms with E-state index in [0.717, 1.165) is 8.47 Å². The third-order valence-corrected chi connectivity index (χ3v) is 4.99. The van der Waals surface area contributed by atoms with Crippen LogP contribution < -0.4 is 4.90 Å². The number of carbonyl (C=O) groups excluding carboxylic acids is 3. The topological polar surface area (TPSA) is 57.7 Å². The number of anilines is 1. The van der Waals surface area contributed by atoms with Gasteiger partial charge in [-0.25, -0.2) is 9.29 Å². The number of benzene rings is 2. The van der Waals surface area contributed by atoms with E-state index >= 15 is 0 Å². The number of hydrogen-bond acceptors (Lipinski definition) is 3. The maximum atomic E-state index is 14.0. The molecule has 0 bridgehead atoms. The molecule has 2 aromatic carbocycles. The Morgan fingerprint density at radius 3 is 2.52 bits per heavy atom. The molecule has 27 heavy (non-hydrogen) atoms. The van der Waals surface area contributed by atoms with E-state index in [1.165, 1.54) is 29.2 Å². The van der Waals surface area contributed by atoms with Crippen LogP contribution in [0.15, 0.2) is 61.2 Å². The molecule has 0 radical (unpaired) electrons. The summed E-state index contributed by atoms with van der Waals surface area (Å²) in [6.07, 6.45) is 1.29. The van der Waals surface area contributed by atoms with E-state index in [4.69, 9.17) is 0 Å². The standard InChI is InChI=1S/C20H16FIN2O3/c1-2-11-23(19(26)15-5-3-4-6-16(15)21)17-12-18(25)24(20(17)27)14-9-7-13(22)8-10-14/h2-10,17H,1,11-12H2. The van der Waals surface area contributed by atoms with Gasteiger partial charge >= 0.3 is 0 Å². The van der Waals surface area contributed by atoms with Crippen molar-refractivity contribution in [2.24, 2.45) is 0 Å². The lowest BCUT2D eigenvalue weighted by Crippen LogP contribution is -2.45. The highest BCUT2D eigenvalue weighted by molar-refractivity contribution is 14.1. The highest BCUT2D eigenvalue weighted by Gasteiger charge is 2.44. The molecule has 3 rings (SSSR count). The van der Waals surface area contributed by atoms with Gasteiger partial charge in [-0.1, -0.05) is 18.2 Å². The fraction of sp³-hybridized carbons (Fsp3) is 0.150. The molecule has 1 unspecified atom stereocenters. The van der Waals surface area contributed by atoms with Crippen LogP contribution in [0.25, 0.3) is 0 Å². The van der Waals surface area contributed by atoms with Crippen LogP contribution in [0.5, 0.6) is 0 Å². The van der Waals surface area contributed by atoms with Crippen LogP contribution in [0.4, 0.5) is 10.1 Å². The van der Waals surface area contributed by atoms with Gasteiger partial charge in [0, 0.05) is 10.1 Å². The van der Waals surface area contributed by atoms with Crippen LogP contribution in [0.1, 0.15) is 16.8 Å². The minimum Gasteiger partial charge on any atom is -0.322 e. The number of halogens is 2. The number of hydrogen-bond donors (Lipinski definition) is 0. The average molecular weight is 478 g/mol. The fourth-order valence-corrected chi connectivity index (χ4v) is 3.36. The zero-order valence-corrected chi connectivity index (χ0v) is 16.4. The lowest BCUT2D eigenvalue weighted by molar-refractivity contribution is -0.122. The quantitative estimate of drug-likeness (QED) is 0.376. The fourth-order valence-electron chi connectivity index (χ4n) is 3.00. The Morgan fingerprint density at radius 1 is 1.22 bits per heavy atom. The number of imide groups is 1. The zero-order valence-electron chi connectivity index (χ0n) is 14.3. The van der Waals surface area contributed by atoms with E-state index in [-0.39, 0.29) is 18.5 Å². The summed E-state index contributed by atoms with van der Waals surface area (Å²) in [5, 5.41) is 0. The second-order valence-corrected chi connectivity index (χ2v) is 7.24. The summed E-state index contributed by atoms with van der Waals surface area (Å²) in [5.74, 6) is -2.24. The van der Waals surface area contributed by atoms with Crippen LogP contribution in [-0.4, -0.2) is 35.2 Å². The van der Waals surface area contributed by atoms with E-state index in [9.17, 15) is 18.8 Å². The average Bonchev–Trinajstić information content (AvgIpc) is 2.94. The summed E-state index contributed by atoms with van der Waals surface area (Å²) in [6.45, 7) is 3.63. The maximum Gasteiger partial charge on any atom is 0.257 e. The van der Waals surface area contributed by atoms with Gasteiger partial charge in [0.05, 0.1) is 17.7 Å². The summed E-state index contributed by atoms with van der Waals surface area (Å²) in [6, 6.07) is 11.5. The summed E-state index contributed by atoms with van der Waals surface area (Å²) in [5.41, 5.74) is 0.303. The summed E-state index contributed by atoms with van der Waals surface area (Å²) in [7, 11) is 0. The molecule has 0 spiro atoms. The van der Waals surface area contributed by atoms with Gasteiger partial charge in [-0.15, -0.1) is 6.58 Å². The van der Waals surface area contributed by atoms with Gasteiger partial charge in [-0.2, -0.15) is 0 Å². The molecule has 1 aliphatic heterocycles. The molecule has 138 valence electrons. The Labute approximate surface area is 169 Å². The molecule has 1 atom stereocenters. The van der Waals surface area contributed by atoms with Gasteiger partial charge in [0.1, 0.15) is 11.9 Å². The second kappa shape index (κ2) is 7.99. The Bertz CT molecular complexity index is 914. The van der Waals surface area contributed by atoms with Gasteiger partial charge in [-0.05, 0) is 59.0 Å². The highest BCUT2D eigenvalue weighted by Crippen LogP contribution is 2.27. The van der Waals surface area contributed by atoms with E-state index in [2.05, 4.69) is 29.2 Å². The minimum absolute atomic E-state index is 0.0252. The largest absolute Gasteiger partial charge is 0.322 e. The van der Waals surface area contributed by atoms with Crippen molar-refractivity contribution < 1.29 is 18.8 Å². The van der Waals surface area contributed by atoms with Crippen molar-refractivity contribution in [3.8, 4) is 0 Å². The monoisotopic (exact) mass is 478 g/mol. The molecule has 7 heteroatoms. The number of nitrogens with zero attached hydrogens (tertiary/aromatic N) is 2. The van der Waals surface area contributed by atoms with Crippen LogP contribution in [0, 0.1) is 9.39 Å². The zero-order chi connectivity index (χ0) is 19.6. The van der Waals surface area contributed by atoms with E-state index in [0.29, 0.717) is 5.69 Å². The van der Waals surface area contributed by atoms with Gasteiger partial charge in [0.2, 0.25) is 5.91 Å². The predicted octanol–water partition coefficient (Wildman–Crippen LogP) is 3.39. The molecule has 3 amide bonds. The van der Waals surface area contributed by atoms with Crippen molar-refractivity contribution in [3.63, 3.8) is 0 Å². The first-order valence-electron chi connectivity index (χ1n) is 8.22. The first kappa shape index (κ1) is 19.2. The molecule has 0 N–H and O–H groups in total. The summed E-state index contributed by atoms with van der Waals surface area (Å²) in [4.78, 5) is 40.5.